The van der Waals surface area contributed by atoms with Crippen LogP contribution in [0.25, 0.3) is 22.2 Å². The van der Waals surface area contributed by atoms with Gasteiger partial charge in [-0.15, -0.1) is 0 Å². The average Bonchev–Trinajstić information content (AvgIpc) is 3.42. The van der Waals surface area contributed by atoms with Crippen LogP contribution in [-0.2, 0) is 6.18 Å². The summed E-state index contributed by atoms with van der Waals surface area (Å²) >= 11 is 0. The summed E-state index contributed by atoms with van der Waals surface area (Å²) in [6.45, 7) is 0.123. The number of fused-ring (bicyclic) bond motifs is 2. The molecular weight excluding hydrogens is 431 g/mol. The van der Waals surface area contributed by atoms with Crippen molar-refractivity contribution < 1.29 is 23.1 Å². The highest BCUT2D eigenvalue weighted by Gasteiger charge is 2.37. The van der Waals surface area contributed by atoms with Crippen LogP contribution in [-0.4, -0.2) is 64.6 Å². The molecule has 1 amide bonds. The smallest absolute Gasteiger partial charge is 0.389 e. The highest BCUT2D eigenvalue weighted by atomic mass is 19.4. The predicted octanol–water partition coefficient (Wildman–Crippen LogP) is 0.944. The van der Waals surface area contributed by atoms with Gasteiger partial charge in [0.15, 0.2) is 11.5 Å². The number of aliphatic hydroxyl groups is 1. The number of amides is 1. The van der Waals surface area contributed by atoms with Crippen molar-refractivity contribution in [2.75, 3.05) is 24.6 Å². The number of hydrogen-bond acceptors (Lipinski definition) is 8. The lowest BCUT2D eigenvalue weighted by molar-refractivity contribution is -0.144. The minimum atomic E-state index is -4.63. The van der Waals surface area contributed by atoms with Crippen LogP contribution in [0.1, 0.15) is 22.2 Å². The van der Waals surface area contributed by atoms with E-state index in [1.165, 1.54) is 29.4 Å². The van der Waals surface area contributed by atoms with Gasteiger partial charge in [0.2, 0.25) is 11.8 Å². The summed E-state index contributed by atoms with van der Waals surface area (Å²) in [4.78, 5) is 32.2. The maximum Gasteiger partial charge on any atom is 0.449 e. The highest BCUT2D eigenvalue weighted by Crippen LogP contribution is 2.30. The lowest BCUT2D eigenvalue weighted by Gasteiger charge is -2.17. The molecule has 14 heteroatoms. The average molecular weight is 447 g/mol. The van der Waals surface area contributed by atoms with Crippen molar-refractivity contribution in [2.24, 2.45) is 0 Å². The third kappa shape index (κ3) is 3.15. The molecule has 6 N–H and O–H groups in total. The molecule has 1 aliphatic heterocycles. The fraction of sp³-hybridized carbons (Fsp3) is 0.278. The van der Waals surface area contributed by atoms with E-state index in [2.05, 4.69) is 24.9 Å². The third-order valence-corrected chi connectivity index (χ3v) is 5.37. The lowest BCUT2D eigenvalue weighted by Crippen LogP contribution is -2.29. The largest absolute Gasteiger partial charge is 0.449 e. The fourth-order valence-corrected chi connectivity index (χ4v) is 3.87. The number of carbonyl (C=O) groups is 1. The number of β-amino-alcohol motifs (C(OH)–C–C–N with tert-alkyl or cyclic N) is 1. The first-order valence-electron chi connectivity index (χ1n) is 9.41. The SMILES string of the molecule is Nc1nc(N)c2ncn([C@H]3CN(C(=O)c4ccc5nc(C(F)(F)F)[nH]c5c4)C[C@@H]3O)c2n1. The molecule has 0 saturated carbocycles. The number of likely N-dealkylation sites (tertiary alicyclic amines) is 1. The number of carbonyl (C=O) groups excluding carboxylic acids is 1. The number of hydrogen-bond donors (Lipinski definition) is 4. The van der Waals surface area contributed by atoms with Crippen LogP contribution in [0, 0.1) is 0 Å². The number of H-pyrrole nitrogens is 1. The number of nitrogens with two attached hydrogens (primary N) is 2. The molecule has 0 spiro atoms. The number of aromatic amines is 1. The second-order valence-corrected chi connectivity index (χ2v) is 7.45. The molecule has 3 aromatic heterocycles. The third-order valence-electron chi connectivity index (χ3n) is 5.37. The van der Waals surface area contributed by atoms with E-state index >= 15 is 0 Å². The number of imidazole rings is 2. The van der Waals surface area contributed by atoms with Crippen molar-refractivity contribution in [3.63, 3.8) is 0 Å². The Balaban J connectivity index is 1.43. The van der Waals surface area contributed by atoms with Gasteiger partial charge in [0, 0.05) is 18.7 Å². The Morgan fingerprint density at radius 3 is 2.72 bits per heavy atom. The zero-order valence-electron chi connectivity index (χ0n) is 16.2. The number of rotatable bonds is 2. The van der Waals surface area contributed by atoms with Gasteiger partial charge in [-0.2, -0.15) is 23.1 Å². The molecular formula is C18H16F3N9O2. The van der Waals surface area contributed by atoms with Crippen molar-refractivity contribution in [3.8, 4) is 0 Å². The van der Waals surface area contributed by atoms with Gasteiger partial charge in [0.05, 0.1) is 29.5 Å². The van der Waals surface area contributed by atoms with Crippen molar-refractivity contribution in [1.82, 2.24) is 34.4 Å². The summed E-state index contributed by atoms with van der Waals surface area (Å²) in [6, 6.07) is 3.46. The molecule has 32 heavy (non-hydrogen) atoms. The first kappa shape index (κ1) is 20.0. The number of aliphatic hydroxyl groups excluding tert-OH is 1. The second kappa shape index (κ2) is 6.78. The normalized spacial score (nSPS) is 19.3. The number of aromatic nitrogens is 6. The van der Waals surface area contributed by atoms with Gasteiger partial charge < -0.3 is 31.0 Å². The van der Waals surface area contributed by atoms with Gasteiger partial charge in [0.1, 0.15) is 5.52 Å². The highest BCUT2D eigenvalue weighted by molar-refractivity contribution is 5.97. The zero-order valence-corrected chi connectivity index (χ0v) is 16.2. The maximum absolute atomic E-state index is 13.0. The van der Waals surface area contributed by atoms with Gasteiger partial charge in [-0.05, 0) is 18.2 Å². The summed E-state index contributed by atoms with van der Waals surface area (Å²) in [5, 5.41) is 10.6. The van der Waals surface area contributed by atoms with Crippen LogP contribution < -0.4 is 11.5 Å². The quantitative estimate of drug-likeness (QED) is 0.353. The minimum Gasteiger partial charge on any atom is -0.389 e. The molecule has 0 unspecified atom stereocenters. The summed E-state index contributed by atoms with van der Waals surface area (Å²) in [5.74, 6) is -1.54. The van der Waals surface area contributed by atoms with Crippen molar-refractivity contribution in [2.45, 2.75) is 18.3 Å². The number of benzene rings is 1. The van der Waals surface area contributed by atoms with E-state index in [1.807, 2.05) is 0 Å². The lowest BCUT2D eigenvalue weighted by atomic mass is 10.2. The molecule has 1 aromatic carbocycles. The second-order valence-electron chi connectivity index (χ2n) is 7.45. The van der Waals surface area contributed by atoms with Gasteiger partial charge in [-0.25, -0.2) is 9.97 Å². The van der Waals surface area contributed by atoms with E-state index in [0.29, 0.717) is 11.2 Å². The van der Waals surface area contributed by atoms with Gasteiger partial charge in [-0.1, -0.05) is 0 Å². The first-order chi connectivity index (χ1) is 15.1. The Labute approximate surface area is 176 Å². The summed E-state index contributed by atoms with van der Waals surface area (Å²) in [5.41, 5.74) is 12.5. The van der Waals surface area contributed by atoms with Crippen LogP contribution in [0.3, 0.4) is 0 Å². The van der Waals surface area contributed by atoms with E-state index in [1.54, 1.807) is 4.57 Å². The van der Waals surface area contributed by atoms with Gasteiger partial charge in [0.25, 0.3) is 5.91 Å². The van der Waals surface area contributed by atoms with E-state index in [9.17, 15) is 23.1 Å². The first-order valence-corrected chi connectivity index (χ1v) is 9.41. The van der Waals surface area contributed by atoms with E-state index in [4.69, 9.17) is 11.5 Å². The number of nitrogen functional groups attached to an aromatic ring is 2. The van der Waals surface area contributed by atoms with Gasteiger partial charge >= 0.3 is 6.18 Å². The van der Waals surface area contributed by atoms with Crippen LogP contribution in [0.15, 0.2) is 24.5 Å². The Morgan fingerprint density at radius 1 is 1.19 bits per heavy atom. The molecule has 166 valence electrons. The van der Waals surface area contributed by atoms with Crippen molar-refractivity contribution in [1.29, 1.82) is 0 Å². The number of anilines is 2. The Hall–Kier alpha value is -3.94. The van der Waals surface area contributed by atoms with E-state index < -0.39 is 30.1 Å². The molecule has 0 aliphatic carbocycles. The predicted molar refractivity (Wildman–Crippen MR) is 106 cm³/mol. The molecule has 0 radical (unpaired) electrons. The number of alkyl halides is 3. The number of nitrogens with zero attached hydrogens (tertiary/aromatic N) is 6. The Bertz CT molecular complexity index is 1360. The number of halogens is 3. The topological polar surface area (TPSA) is 165 Å². The molecule has 1 fully saturated rings. The molecule has 4 heterocycles. The molecule has 1 saturated heterocycles. The molecule has 1 aliphatic rings. The van der Waals surface area contributed by atoms with Crippen molar-refractivity contribution >= 4 is 39.9 Å². The monoisotopic (exact) mass is 447 g/mol. The summed E-state index contributed by atoms with van der Waals surface area (Å²) in [6.07, 6.45) is -4.13. The molecule has 4 aromatic rings. The number of nitrogens with one attached hydrogen (secondary N) is 1. The molecule has 0 bridgehead atoms. The zero-order chi connectivity index (χ0) is 22.8. The molecule has 5 rings (SSSR count). The van der Waals surface area contributed by atoms with Crippen LogP contribution in [0.2, 0.25) is 0 Å². The van der Waals surface area contributed by atoms with E-state index in [0.717, 1.165) is 0 Å². The van der Waals surface area contributed by atoms with Crippen molar-refractivity contribution in [3.05, 3.63) is 35.9 Å². The van der Waals surface area contributed by atoms with Crippen LogP contribution >= 0.6 is 0 Å². The summed E-state index contributed by atoms with van der Waals surface area (Å²) in [7, 11) is 0. The Kier molecular flexibility index (Phi) is 4.24. The maximum atomic E-state index is 13.0. The minimum absolute atomic E-state index is 0.00797. The van der Waals surface area contributed by atoms with Crippen LogP contribution in [0.5, 0.6) is 0 Å². The summed E-state index contributed by atoms with van der Waals surface area (Å²) < 4.78 is 40.2. The fourth-order valence-electron chi connectivity index (χ4n) is 3.87. The Morgan fingerprint density at radius 2 is 1.97 bits per heavy atom. The molecule has 11 nitrogen and oxygen atoms in total. The van der Waals surface area contributed by atoms with E-state index in [-0.39, 0.29) is 41.5 Å². The molecule has 2 atom stereocenters. The standard InChI is InChI=1S/C18H16F3N9O2/c19-18(20,21)16-25-8-2-1-7(3-9(8)26-16)15(32)29-4-10(11(31)5-29)30-6-24-12-13(22)27-17(23)28-14(12)30/h1-3,6,10-11,31H,4-5H2,(H,25,26)(H4,22,23,27,28)/t10-,11-/m0/s1. The van der Waals surface area contributed by atoms with Gasteiger partial charge in [-0.3, -0.25) is 4.79 Å². The van der Waals surface area contributed by atoms with Crippen LogP contribution in [0.4, 0.5) is 24.9 Å².